The van der Waals surface area contributed by atoms with Crippen LogP contribution in [0.15, 0.2) is 54.6 Å². The second-order valence-corrected chi connectivity index (χ2v) is 6.34. The van der Waals surface area contributed by atoms with Crippen LogP contribution in [0.4, 0.5) is 0 Å². The summed E-state index contributed by atoms with van der Waals surface area (Å²) in [7, 11) is 0. The number of nitrogens with two attached hydrogens (primary N) is 1. The van der Waals surface area contributed by atoms with E-state index in [0.29, 0.717) is 23.8 Å². The van der Waals surface area contributed by atoms with Gasteiger partial charge in [-0.3, -0.25) is 0 Å². The van der Waals surface area contributed by atoms with E-state index < -0.39 is 0 Å². The van der Waals surface area contributed by atoms with Gasteiger partial charge in [0.05, 0.1) is 0 Å². The van der Waals surface area contributed by atoms with Gasteiger partial charge in [0.25, 0.3) is 0 Å². The monoisotopic (exact) mass is 263 g/mol. The number of fused-ring (bicyclic) bond motifs is 1. The molecule has 2 aliphatic carbocycles. The van der Waals surface area contributed by atoms with Crippen LogP contribution in [0.5, 0.6) is 0 Å². The average Bonchev–Trinajstić information content (AvgIpc) is 3.20. The second kappa shape index (κ2) is 4.75. The molecule has 0 bridgehead atoms. The van der Waals surface area contributed by atoms with Crippen molar-refractivity contribution in [1.29, 1.82) is 0 Å². The van der Waals surface area contributed by atoms with E-state index in [1.165, 1.54) is 36.0 Å². The summed E-state index contributed by atoms with van der Waals surface area (Å²) >= 11 is 0. The predicted octanol–water partition coefficient (Wildman–Crippen LogP) is 3.85. The Labute approximate surface area is 120 Å². The highest BCUT2D eigenvalue weighted by molar-refractivity contribution is 5.37. The molecule has 4 unspecified atom stereocenters. The van der Waals surface area contributed by atoms with E-state index in [4.69, 9.17) is 5.73 Å². The summed E-state index contributed by atoms with van der Waals surface area (Å²) in [6.45, 7) is 0. The zero-order chi connectivity index (χ0) is 13.5. The van der Waals surface area contributed by atoms with Gasteiger partial charge in [0.2, 0.25) is 0 Å². The topological polar surface area (TPSA) is 26.0 Å². The van der Waals surface area contributed by atoms with Crippen molar-refractivity contribution in [3.63, 3.8) is 0 Å². The molecule has 1 saturated carbocycles. The molecular formula is C19H21N. The number of benzene rings is 2. The molecule has 20 heavy (non-hydrogen) atoms. The molecule has 102 valence electrons. The van der Waals surface area contributed by atoms with Crippen molar-refractivity contribution >= 4 is 0 Å². The van der Waals surface area contributed by atoms with Crippen molar-refractivity contribution in [1.82, 2.24) is 0 Å². The fourth-order valence-corrected chi connectivity index (χ4v) is 4.01. The molecule has 4 atom stereocenters. The van der Waals surface area contributed by atoms with Crippen LogP contribution in [0.2, 0.25) is 0 Å². The summed E-state index contributed by atoms with van der Waals surface area (Å²) in [5.41, 5.74) is 11.1. The maximum Gasteiger partial charge on any atom is 0.0143 e. The molecule has 0 heterocycles. The first-order valence-electron chi connectivity index (χ1n) is 7.73. The standard InChI is InChI=1S/C19H21N/c20-19(16-11-10-14-8-4-5-9-15(14)16)18-12-17(18)13-6-2-1-3-7-13/h1-9,16-19H,10-12,20H2. The van der Waals surface area contributed by atoms with Crippen LogP contribution in [0.3, 0.4) is 0 Å². The van der Waals surface area contributed by atoms with Crippen molar-refractivity contribution in [2.24, 2.45) is 11.7 Å². The Morgan fingerprint density at radius 3 is 2.55 bits per heavy atom. The fraction of sp³-hybridized carbons (Fsp3) is 0.368. The largest absolute Gasteiger partial charge is 0.327 e. The summed E-state index contributed by atoms with van der Waals surface area (Å²) in [4.78, 5) is 0. The Balaban J connectivity index is 1.52. The maximum atomic E-state index is 6.63. The Kier molecular flexibility index (Phi) is 2.89. The highest BCUT2D eigenvalue weighted by Crippen LogP contribution is 2.53. The normalized spacial score (nSPS) is 28.9. The molecule has 0 saturated heterocycles. The lowest BCUT2D eigenvalue weighted by atomic mass is 9.89. The molecule has 1 nitrogen and oxygen atoms in total. The summed E-state index contributed by atoms with van der Waals surface area (Å²) < 4.78 is 0. The van der Waals surface area contributed by atoms with E-state index in [0.717, 1.165) is 0 Å². The second-order valence-electron chi connectivity index (χ2n) is 6.34. The summed E-state index contributed by atoms with van der Waals surface area (Å²) in [5, 5.41) is 0. The molecule has 1 heteroatoms. The molecule has 0 aromatic heterocycles. The third-order valence-electron chi connectivity index (χ3n) is 5.21. The van der Waals surface area contributed by atoms with Gasteiger partial charge in [-0.05, 0) is 53.7 Å². The van der Waals surface area contributed by atoms with Crippen molar-refractivity contribution < 1.29 is 0 Å². The van der Waals surface area contributed by atoms with E-state index in [-0.39, 0.29) is 0 Å². The van der Waals surface area contributed by atoms with Crippen molar-refractivity contribution in [2.75, 3.05) is 0 Å². The Morgan fingerprint density at radius 1 is 0.950 bits per heavy atom. The van der Waals surface area contributed by atoms with Gasteiger partial charge >= 0.3 is 0 Å². The van der Waals surface area contributed by atoms with Crippen LogP contribution >= 0.6 is 0 Å². The molecule has 4 rings (SSSR count). The summed E-state index contributed by atoms with van der Waals surface area (Å²) in [6, 6.07) is 20.1. The van der Waals surface area contributed by atoms with Gasteiger partial charge in [0, 0.05) is 6.04 Å². The zero-order valence-electron chi connectivity index (χ0n) is 11.7. The van der Waals surface area contributed by atoms with Gasteiger partial charge in [0.15, 0.2) is 0 Å². The van der Waals surface area contributed by atoms with E-state index >= 15 is 0 Å². The van der Waals surface area contributed by atoms with Crippen LogP contribution in [0.25, 0.3) is 0 Å². The quantitative estimate of drug-likeness (QED) is 0.894. The highest BCUT2D eigenvalue weighted by atomic mass is 14.7. The van der Waals surface area contributed by atoms with E-state index in [1.807, 2.05) is 0 Å². The molecule has 1 fully saturated rings. The number of aryl methyl sites for hydroxylation is 1. The minimum atomic E-state index is 0.323. The van der Waals surface area contributed by atoms with Crippen molar-refractivity contribution in [3.05, 3.63) is 71.3 Å². The fourth-order valence-electron chi connectivity index (χ4n) is 4.01. The minimum absolute atomic E-state index is 0.323. The summed E-state index contributed by atoms with van der Waals surface area (Å²) in [5.74, 6) is 1.94. The van der Waals surface area contributed by atoms with E-state index in [2.05, 4.69) is 54.6 Å². The molecule has 0 radical (unpaired) electrons. The number of rotatable bonds is 3. The Bertz CT molecular complexity index is 604. The summed E-state index contributed by atoms with van der Waals surface area (Å²) in [6.07, 6.45) is 3.71. The first-order valence-corrected chi connectivity index (χ1v) is 7.73. The lowest BCUT2D eigenvalue weighted by molar-refractivity contribution is 0.472. The first-order chi connectivity index (χ1) is 9.84. The van der Waals surface area contributed by atoms with Gasteiger partial charge in [-0.15, -0.1) is 0 Å². The molecule has 2 N–H and O–H groups in total. The van der Waals surface area contributed by atoms with Crippen LogP contribution in [-0.4, -0.2) is 6.04 Å². The first kappa shape index (κ1) is 12.2. The van der Waals surface area contributed by atoms with E-state index in [1.54, 1.807) is 0 Å². The lowest BCUT2D eigenvalue weighted by Gasteiger charge is -2.20. The minimum Gasteiger partial charge on any atom is -0.327 e. The van der Waals surface area contributed by atoms with Gasteiger partial charge in [-0.2, -0.15) is 0 Å². The predicted molar refractivity (Wildman–Crippen MR) is 82.8 cm³/mol. The molecule has 2 aromatic carbocycles. The number of hydrogen-bond acceptors (Lipinski definition) is 1. The Hall–Kier alpha value is -1.60. The molecular weight excluding hydrogens is 242 g/mol. The van der Waals surface area contributed by atoms with Crippen LogP contribution in [0, 0.1) is 5.92 Å². The van der Waals surface area contributed by atoms with Crippen LogP contribution in [-0.2, 0) is 6.42 Å². The molecule has 0 aliphatic heterocycles. The van der Waals surface area contributed by atoms with E-state index in [9.17, 15) is 0 Å². The molecule has 2 aromatic rings. The zero-order valence-corrected chi connectivity index (χ0v) is 11.7. The third-order valence-corrected chi connectivity index (χ3v) is 5.21. The van der Waals surface area contributed by atoms with Crippen LogP contribution < -0.4 is 5.73 Å². The number of hydrogen-bond donors (Lipinski definition) is 1. The lowest BCUT2D eigenvalue weighted by Crippen LogP contribution is -2.30. The average molecular weight is 263 g/mol. The maximum absolute atomic E-state index is 6.63. The van der Waals surface area contributed by atoms with Gasteiger partial charge in [-0.25, -0.2) is 0 Å². The molecule has 0 amide bonds. The highest BCUT2D eigenvalue weighted by Gasteiger charge is 2.46. The van der Waals surface area contributed by atoms with Gasteiger partial charge in [0.1, 0.15) is 0 Å². The van der Waals surface area contributed by atoms with Crippen molar-refractivity contribution in [3.8, 4) is 0 Å². The smallest absolute Gasteiger partial charge is 0.0143 e. The SMILES string of the molecule is NC(C1CCc2ccccc21)C1CC1c1ccccc1. The Morgan fingerprint density at radius 2 is 1.70 bits per heavy atom. The molecule has 0 spiro atoms. The van der Waals surface area contributed by atoms with Crippen LogP contribution in [0.1, 0.15) is 41.4 Å². The molecule has 2 aliphatic rings. The van der Waals surface area contributed by atoms with Gasteiger partial charge in [-0.1, -0.05) is 54.6 Å². The van der Waals surface area contributed by atoms with Gasteiger partial charge < -0.3 is 5.73 Å². The van der Waals surface area contributed by atoms with Crippen molar-refractivity contribution in [2.45, 2.75) is 37.1 Å². The third kappa shape index (κ3) is 1.97.